The van der Waals surface area contributed by atoms with E-state index in [1.54, 1.807) is 0 Å². The minimum absolute atomic E-state index is 0.659. The molecule has 0 saturated carbocycles. The maximum absolute atomic E-state index is 4.32. The lowest BCUT2D eigenvalue weighted by Crippen LogP contribution is -2.51. The summed E-state index contributed by atoms with van der Waals surface area (Å²) in [6.07, 6.45) is 6.14. The standard InChI is InChI=1S/C22H29BrN2Si/c1-15(2)26(16(3)4,17(5)6)25-14-20(23)22-19(10-7-11-21(22)25)18-9-8-12-24-13-18/h7-17H,1-6H3. The third kappa shape index (κ3) is 2.87. The number of benzene rings is 1. The zero-order valence-electron chi connectivity index (χ0n) is 16.6. The van der Waals surface area contributed by atoms with Crippen LogP contribution in [0.4, 0.5) is 0 Å². The molecule has 2 heterocycles. The second-order valence-corrected chi connectivity index (χ2v) is 14.7. The summed E-state index contributed by atoms with van der Waals surface area (Å²) < 4.78 is 3.86. The Labute approximate surface area is 166 Å². The SMILES string of the molecule is CC(C)[Si](C(C)C)(C(C)C)n1cc(Br)c2c(-c3cccnc3)cccc21. The summed E-state index contributed by atoms with van der Waals surface area (Å²) in [4.78, 5) is 4.32. The Balaban J connectivity index is 2.36. The van der Waals surface area contributed by atoms with Gasteiger partial charge in [0, 0.05) is 39.5 Å². The van der Waals surface area contributed by atoms with Crippen LogP contribution in [0.15, 0.2) is 53.4 Å². The molecule has 0 aliphatic carbocycles. The number of rotatable bonds is 5. The molecule has 0 aliphatic rings. The molecule has 0 N–H and O–H groups in total. The lowest BCUT2D eigenvalue weighted by atomic mass is 10.0. The van der Waals surface area contributed by atoms with Gasteiger partial charge in [0.1, 0.15) is 0 Å². The van der Waals surface area contributed by atoms with Crippen LogP contribution in [0.25, 0.3) is 22.0 Å². The van der Waals surface area contributed by atoms with Crippen LogP contribution in [-0.4, -0.2) is 17.5 Å². The van der Waals surface area contributed by atoms with E-state index in [1.165, 1.54) is 26.5 Å². The number of nitrogens with zero attached hydrogens (tertiary/aromatic N) is 2. The fourth-order valence-corrected chi connectivity index (χ4v) is 12.6. The van der Waals surface area contributed by atoms with Crippen molar-refractivity contribution >= 4 is 35.1 Å². The Bertz CT molecular complexity index is 875. The first-order chi connectivity index (χ1) is 12.3. The zero-order valence-corrected chi connectivity index (χ0v) is 19.2. The van der Waals surface area contributed by atoms with Gasteiger partial charge < -0.3 is 4.23 Å². The molecule has 0 radical (unpaired) electrons. The van der Waals surface area contributed by atoms with Gasteiger partial charge in [-0.25, -0.2) is 0 Å². The molecule has 3 aromatic rings. The van der Waals surface area contributed by atoms with E-state index in [9.17, 15) is 0 Å². The van der Waals surface area contributed by atoms with Crippen molar-refractivity contribution in [3.63, 3.8) is 0 Å². The highest BCUT2D eigenvalue weighted by molar-refractivity contribution is 9.10. The Morgan fingerprint density at radius 2 is 1.58 bits per heavy atom. The molecule has 3 rings (SSSR count). The van der Waals surface area contributed by atoms with E-state index in [0.29, 0.717) is 16.6 Å². The molecule has 0 unspecified atom stereocenters. The highest BCUT2D eigenvalue weighted by Crippen LogP contribution is 2.46. The predicted octanol–water partition coefficient (Wildman–Crippen LogP) is 7.49. The van der Waals surface area contributed by atoms with E-state index in [1.807, 2.05) is 18.5 Å². The van der Waals surface area contributed by atoms with Gasteiger partial charge in [0.05, 0.1) is 0 Å². The third-order valence-electron chi connectivity index (χ3n) is 5.95. The van der Waals surface area contributed by atoms with Gasteiger partial charge in [-0.15, -0.1) is 0 Å². The number of hydrogen-bond donors (Lipinski definition) is 0. The van der Waals surface area contributed by atoms with Crippen LogP contribution in [0.5, 0.6) is 0 Å². The summed E-state index contributed by atoms with van der Waals surface area (Å²) in [5, 5.41) is 1.30. The summed E-state index contributed by atoms with van der Waals surface area (Å²) in [5.74, 6) is 0. The normalized spacial score (nSPS) is 12.7. The number of fused-ring (bicyclic) bond motifs is 1. The van der Waals surface area contributed by atoms with Crippen molar-refractivity contribution in [1.29, 1.82) is 0 Å². The fraction of sp³-hybridized carbons (Fsp3) is 0.409. The first-order valence-corrected chi connectivity index (χ1v) is 12.5. The Morgan fingerprint density at radius 3 is 2.12 bits per heavy atom. The van der Waals surface area contributed by atoms with Crippen LogP contribution >= 0.6 is 15.9 Å². The van der Waals surface area contributed by atoms with Crippen molar-refractivity contribution < 1.29 is 0 Å². The first-order valence-electron chi connectivity index (χ1n) is 9.52. The van der Waals surface area contributed by atoms with Gasteiger partial charge in [0.2, 0.25) is 0 Å². The molecule has 138 valence electrons. The molecule has 2 aromatic heterocycles. The third-order valence-corrected chi connectivity index (χ3v) is 13.3. The van der Waals surface area contributed by atoms with Gasteiger partial charge in [0.15, 0.2) is 8.24 Å². The lowest BCUT2D eigenvalue weighted by Gasteiger charge is -2.44. The van der Waals surface area contributed by atoms with Crippen LogP contribution in [0, 0.1) is 0 Å². The highest BCUT2D eigenvalue weighted by Gasteiger charge is 2.46. The van der Waals surface area contributed by atoms with Crippen LogP contribution in [0.3, 0.4) is 0 Å². The average molecular weight is 429 g/mol. The molecule has 0 spiro atoms. The molecule has 0 fully saturated rings. The van der Waals surface area contributed by atoms with E-state index in [0.717, 1.165) is 0 Å². The fourth-order valence-electron chi connectivity index (χ4n) is 5.16. The van der Waals surface area contributed by atoms with Gasteiger partial charge in [0.25, 0.3) is 0 Å². The van der Waals surface area contributed by atoms with Crippen molar-refractivity contribution in [1.82, 2.24) is 9.22 Å². The summed E-state index contributed by atoms with van der Waals surface area (Å²) in [5.41, 5.74) is 5.75. The van der Waals surface area contributed by atoms with Crippen LogP contribution in [0.1, 0.15) is 41.5 Å². The second kappa shape index (κ2) is 7.32. The highest BCUT2D eigenvalue weighted by atomic mass is 79.9. The Morgan fingerprint density at radius 1 is 0.923 bits per heavy atom. The van der Waals surface area contributed by atoms with Crippen LogP contribution < -0.4 is 0 Å². The van der Waals surface area contributed by atoms with E-state index in [4.69, 9.17) is 0 Å². The monoisotopic (exact) mass is 428 g/mol. The van der Waals surface area contributed by atoms with Crippen molar-refractivity contribution in [3.05, 3.63) is 53.4 Å². The van der Waals surface area contributed by atoms with Crippen molar-refractivity contribution in [2.45, 2.75) is 58.2 Å². The molecule has 0 amide bonds. The van der Waals surface area contributed by atoms with Crippen LogP contribution in [0.2, 0.25) is 16.6 Å². The van der Waals surface area contributed by atoms with Crippen molar-refractivity contribution in [3.8, 4) is 11.1 Å². The quantitative estimate of drug-likeness (QED) is 0.384. The molecule has 1 aromatic carbocycles. The van der Waals surface area contributed by atoms with Gasteiger partial charge >= 0.3 is 0 Å². The number of pyridine rings is 1. The van der Waals surface area contributed by atoms with Crippen molar-refractivity contribution in [2.24, 2.45) is 0 Å². The minimum atomic E-state index is -1.80. The van der Waals surface area contributed by atoms with Gasteiger partial charge in [-0.3, -0.25) is 4.98 Å². The van der Waals surface area contributed by atoms with E-state index in [2.05, 4.69) is 97.2 Å². The molecule has 26 heavy (non-hydrogen) atoms. The summed E-state index contributed by atoms with van der Waals surface area (Å²) in [7, 11) is -1.80. The van der Waals surface area contributed by atoms with Gasteiger partial charge in [-0.05, 0) is 50.2 Å². The number of aromatic nitrogens is 2. The first kappa shape index (κ1) is 19.4. The topological polar surface area (TPSA) is 17.8 Å². The van der Waals surface area contributed by atoms with Gasteiger partial charge in [-0.2, -0.15) is 0 Å². The average Bonchev–Trinajstić information content (AvgIpc) is 2.92. The zero-order chi connectivity index (χ0) is 19.1. The Kier molecular flexibility index (Phi) is 5.45. The van der Waals surface area contributed by atoms with E-state index < -0.39 is 8.24 Å². The van der Waals surface area contributed by atoms with E-state index >= 15 is 0 Å². The van der Waals surface area contributed by atoms with Crippen LogP contribution in [-0.2, 0) is 0 Å². The van der Waals surface area contributed by atoms with E-state index in [-0.39, 0.29) is 0 Å². The largest absolute Gasteiger partial charge is 0.372 e. The predicted molar refractivity (Wildman–Crippen MR) is 119 cm³/mol. The maximum Gasteiger partial charge on any atom is 0.169 e. The molecule has 0 aliphatic heterocycles. The maximum atomic E-state index is 4.32. The molecule has 0 saturated heterocycles. The smallest absolute Gasteiger partial charge is 0.169 e. The second-order valence-electron chi connectivity index (χ2n) is 8.14. The number of hydrogen-bond acceptors (Lipinski definition) is 1. The molecular formula is C22H29BrN2Si. The molecule has 0 atom stereocenters. The van der Waals surface area contributed by atoms with Gasteiger partial charge in [-0.1, -0.05) is 59.7 Å². The molecule has 2 nitrogen and oxygen atoms in total. The summed E-state index contributed by atoms with van der Waals surface area (Å²) in [6, 6.07) is 10.8. The molecule has 4 heteroatoms. The summed E-state index contributed by atoms with van der Waals surface area (Å²) in [6.45, 7) is 14.5. The minimum Gasteiger partial charge on any atom is -0.372 e. The molecular weight excluding hydrogens is 400 g/mol. The summed E-state index contributed by atoms with van der Waals surface area (Å²) >= 11 is 3.89. The number of halogens is 1. The molecule has 0 bridgehead atoms. The Hall–Kier alpha value is -1.39. The van der Waals surface area contributed by atoms with Crippen molar-refractivity contribution in [2.75, 3.05) is 0 Å². The lowest BCUT2D eigenvalue weighted by molar-refractivity contribution is 0.772.